The number of nitrogens with zero attached hydrogens (tertiary/aromatic N) is 1. The van der Waals surface area contributed by atoms with Crippen LogP contribution in [0.4, 0.5) is 10.5 Å². The molecule has 1 atom stereocenters. The minimum absolute atomic E-state index is 0.0734. The van der Waals surface area contributed by atoms with Crippen LogP contribution in [0.2, 0.25) is 0 Å². The molecule has 1 aliphatic carbocycles. The van der Waals surface area contributed by atoms with Gasteiger partial charge in [-0.3, -0.25) is 0 Å². The SMILES string of the molecule is CCCN(C(=O)O)[C@@H]1Cc2ccc(N)cc2C1. The number of carbonyl (C=O) groups is 1. The van der Waals surface area contributed by atoms with E-state index in [1.54, 1.807) is 4.90 Å². The maximum Gasteiger partial charge on any atom is 0.407 e. The molecule has 1 aliphatic rings. The number of fused-ring (bicyclic) bond motifs is 1. The summed E-state index contributed by atoms with van der Waals surface area (Å²) in [6.45, 7) is 2.60. The summed E-state index contributed by atoms with van der Waals surface area (Å²) in [5.74, 6) is 0. The van der Waals surface area contributed by atoms with Crippen LogP contribution >= 0.6 is 0 Å². The van der Waals surface area contributed by atoms with Crippen LogP contribution in [0, 0.1) is 0 Å². The second-order valence-corrected chi connectivity index (χ2v) is 4.57. The predicted octanol–water partition coefficient (Wildman–Crippen LogP) is 2.13. The molecule has 0 heterocycles. The number of rotatable bonds is 3. The van der Waals surface area contributed by atoms with Crippen LogP contribution in [0.1, 0.15) is 24.5 Å². The lowest BCUT2D eigenvalue weighted by Gasteiger charge is -2.25. The van der Waals surface area contributed by atoms with E-state index in [1.807, 2.05) is 25.1 Å². The number of carboxylic acid groups (broad SMARTS) is 1. The summed E-state index contributed by atoms with van der Waals surface area (Å²) < 4.78 is 0. The van der Waals surface area contributed by atoms with Crippen molar-refractivity contribution in [3.05, 3.63) is 29.3 Å². The van der Waals surface area contributed by atoms with E-state index in [2.05, 4.69) is 0 Å². The van der Waals surface area contributed by atoms with Crippen LogP contribution in [-0.2, 0) is 12.8 Å². The standard InChI is InChI=1S/C13H18N2O2/c1-2-5-15(13(16)17)12-7-9-3-4-11(14)6-10(9)8-12/h3-4,6,12H,2,5,7-8,14H2,1H3,(H,16,17)/t12-/m1/s1. The van der Waals surface area contributed by atoms with Gasteiger partial charge in [0.05, 0.1) is 0 Å². The summed E-state index contributed by atoms with van der Waals surface area (Å²) in [4.78, 5) is 12.7. The van der Waals surface area contributed by atoms with Crippen LogP contribution in [0.25, 0.3) is 0 Å². The molecule has 0 aliphatic heterocycles. The second kappa shape index (κ2) is 4.65. The first-order chi connectivity index (χ1) is 8.11. The molecule has 1 aromatic rings. The highest BCUT2D eigenvalue weighted by molar-refractivity contribution is 5.66. The molecule has 4 heteroatoms. The van der Waals surface area contributed by atoms with E-state index >= 15 is 0 Å². The number of hydrogen-bond acceptors (Lipinski definition) is 2. The summed E-state index contributed by atoms with van der Waals surface area (Å²) in [5.41, 5.74) is 8.91. The van der Waals surface area contributed by atoms with Crippen LogP contribution in [0.5, 0.6) is 0 Å². The molecule has 0 fully saturated rings. The molecule has 0 aromatic heterocycles. The van der Waals surface area contributed by atoms with Crippen molar-refractivity contribution in [3.8, 4) is 0 Å². The fourth-order valence-corrected chi connectivity index (χ4v) is 2.51. The van der Waals surface area contributed by atoms with Gasteiger partial charge in [-0.05, 0) is 42.5 Å². The van der Waals surface area contributed by atoms with E-state index in [0.29, 0.717) is 6.54 Å². The Hall–Kier alpha value is -1.71. The molecule has 0 unspecified atom stereocenters. The Morgan fingerprint density at radius 2 is 2.18 bits per heavy atom. The van der Waals surface area contributed by atoms with Gasteiger partial charge in [0.2, 0.25) is 0 Å². The number of amides is 1. The molecule has 0 saturated heterocycles. The second-order valence-electron chi connectivity index (χ2n) is 4.57. The molecule has 92 valence electrons. The molecule has 1 amide bonds. The first-order valence-electron chi connectivity index (χ1n) is 5.98. The van der Waals surface area contributed by atoms with Gasteiger partial charge in [0, 0.05) is 18.3 Å². The fourth-order valence-electron chi connectivity index (χ4n) is 2.51. The number of nitrogens with two attached hydrogens (primary N) is 1. The van der Waals surface area contributed by atoms with E-state index in [9.17, 15) is 9.90 Å². The van der Waals surface area contributed by atoms with Gasteiger partial charge in [0.1, 0.15) is 0 Å². The fraction of sp³-hybridized carbons (Fsp3) is 0.462. The van der Waals surface area contributed by atoms with E-state index in [1.165, 1.54) is 11.1 Å². The van der Waals surface area contributed by atoms with Crippen molar-refractivity contribution in [2.75, 3.05) is 12.3 Å². The predicted molar refractivity (Wildman–Crippen MR) is 67.1 cm³/mol. The zero-order valence-electron chi connectivity index (χ0n) is 10.0. The normalized spacial score (nSPS) is 17.8. The Bertz CT molecular complexity index is 431. The summed E-state index contributed by atoms with van der Waals surface area (Å²) in [6, 6.07) is 5.92. The lowest BCUT2D eigenvalue weighted by Crippen LogP contribution is -2.40. The molecule has 2 rings (SSSR count). The third-order valence-corrected chi connectivity index (χ3v) is 3.29. The third kappa shape index (κ3) is 2.35. The Kier molecular flexibility index (Phi) is 3.22. The van der Waals surface area contributed by atoms with Crippen LogP contribution in [0.15, 0.2) is 18.2 Å². The van der Waals surface area contributed by atoms with Crippen molar-refractivity contribution >= 4 is 11.8 Å². The van der Waals surface area contributed by atoms with Crippen LogP contribution < -0.4 is 5.73 Å². The Morgan fingerprint density at radius 3 is 2.82 bits per heavy atom. The van der Waals surface area contributed by atoms with Gasteiger partial charge < -0.3 is 15.7 Å². The van der Waals surface area contributed by atoms with Crippen molar-refractivity contribution in [1.29, 1.82) is 0 Å². The van der Waals surface area contributed by atoms with Crippen molar-refractivity contribution in [1.82, 2.24) is 4.90 Å². The molecule has 17 heavy (non-hydrogen) atoms. The molecule has 0 bridgehead atoms. The minimum atomic E-state index is -0.822. The average Bonchev–Trinajstić information content (AvgIpc) is 2.67. The first kappa shape index (κ1) is 11.8. The Morgan fingerprint density at radius 1 is 1.47 bits per heavy atom. The topological polar surface area (TPSA) is 66.6 Å². The number of anilines is 1. The van der Waals surface area contributed by atoms with Gasteiger partial charge in [-0.25, -0.2) is 4.79 Å². The van der Waals surface area contributed by atoms with E-state index in [0.717, 1.165) is 24.9 Å². The first-order valence-corrected chi connectivity index (χ1v) is 5.98. The van der Waals surface area contributed by atoms with Gasteiger partial charge in [-0.15, -0.1) is 0 Å². The van der Waals surface area contributed by atoms with Crippen LogP contribution in [0.3, 0.4) is 0 Å². The zero-order chi connectivity index (χ0) is 12.4. The number of hydrogen-bond donors (Lipinski definition) is 2. The molecule has 3 N–H and O–H groups in total. The molecule has 0 saturated carbocycles. The summed E-state index contributed by atoms with van der Waals surface area (Å²) in [7, 11) is 0. The van der Waals surface area contributed by atoms with E-state index in [4.69, 9.17) is 5.73 Å². The molecule has 4 nitrogen and oxygen atoms in total. The summed E-state index contributed by atoms with van der Waals surface area (Å²) >= 11 is 0. The lowest BCUT2D eigenvalue weighted by molar-refractivity contribution is 0.126. The average molecular weight is 234 g/mol. The van der Waals surface area contributed by atoms with Gasteiger partial charge >= 0.3 is 6.09 Å². The monoisotopic (exact) mass is 234 g/mol. The largest absolute Gasteiger partial charge is 0.465 e. The lowest BCUT2D eigenvalue weighted by atomic mass is 10.1. The maximum atomic E-state index is 11.2. The van der Waals surface area contributed by atoms with Crippen molar-refractivity contribution in [2.45, 2.75) is 32.2 Å². The molecular weight excluding hydrogens is 216 g/mol. The van der Waals surface area contributed by atoms with Crippen LogP contribution in [-0.4, -0.2) is 28.7 Å². The van der Waals surface area contributed by atoms with Crippen molar-refractivity contribution < 1.29 is 9.90 Å². The third-order valence-electron chi connectivity index (χ3n) is 3.29. The number of benzene rings is 1. The minimum Gasteiger partial charge on any atom is -0.465 e. The smallest absolute Gasteiger partial charge is 0.407 e. The van der Waals surface area contributed by atoms with Crippen molar-refractivity contribution in [3.63, 3.8) is 0 Å². The van der Waals surface area contributed by atoms with Gasteiger partial charge in [0.15, 0.2) is 0 Å². The van der Waals surface area contributed by atoms with Crippen molar-refractivity contribution in [2.24, 2.45) is 0 Å². The molecule has 1 aromatic carbocycles. The zero-order valence-corrected chi connectivity index (χ0v) is 10.0. The summed E-state index contributed by atoms with van der Waals surface area (Å²) in [6.07, 6.45) is 1.62. The quantitative estimate of drug-likeness (QED) is 0.787. The number of nitrogen functional groups attached to an aromatic ring is 1. The van der Waals surface area contributed by atoms with Gasteiger partial charge in [0.25, 0.3) is 0 Å². The Labute approximate surface area is 101 Å². The summed E-state index contributed by atoms with van der Waals surface area (Å²) in [5, 5.41) is 9.20. The van der Waals surface area contributed by atoms with E-state index < -0.39 is 6.09 Å². The highest BCUT2D eigenvalue weighted by atomic mass is 16.4. The van der Waals surface area contributed by atoms with E-state index in [-0.39, 0.29) is 6.04 Å². The highest BCUT2D eigenvalue weighted by Crippen LogP contribution is 2.27. The Balaban J connectivity index is 2.15. The molecule has 0 radical (unpaired) electrons. The highest BCUT2D eigenvalue weighted by Gasteiger charge is 2.29. The van der Waals surface area contributed by atoms with Gasteiger partial charge in [-0.2, -0.15) is 0 Å². The molecule has 0 spiro atoms. The maximum absolute atomic E-state index is 11.2. The van der Waals surface area contributed by atoms with Gasteiger partial charge in [-0.1, -0.05) is 13.0 Å². The molecular formula is C13H18N2O2.